The number of carboxylic acid groups (broad SMARTS) is 2. The molecule has 0 spiro atoms. The van der Waals surface area contributed by atoms with Crippen LogP contribution < -0.4 is 16.0 Å². The molecule has 0 aromatic rings. The molecule has 1 aliphatic rings. The van der Waals surface area contributed by atoms with Gasteiger partial charge in [-0.2, -0.15) is 0 Å². The van der Waals surface area contributed by atoms with Gasteiger partial charge < -0.3 is 51.2 Å². The molecule has 2 atom stereocenters. The van der Waals surface area contributed by atoms with Crippen LogP contribution in [0.2, 0.25) is 6.82 Å². The first-order chi connectivity index (χ1) is 24.3. The molecule has 0 aromatic heterocycles. The van der Waals surface area contributed by atoms with E-state index in [1.807, 2.05) is 0 Å². The zero-order valence-electron chi connectivity index (χ0n) is 32.2. The minimum atomic E-state index is -1.01. The quantitative estimate of drug-likeness (QED) is 0.0342. The van der Waals surface area contributed by atoms with Crippen molar-refractivity contribution in [3.05, 3.63) is 5.73 Å². The van der Waals surface area contributed by atoms with E-state index in [1.54, 1.807) is 20.1 Å². The number of likely N-dealkylation sites (N-methyl/N-ethyl adjacent to an activating group) is 1. The van der Waals surface area contributed by atoms with Gasteiger partial charge in [-0.3, -0.25) is 19.2 Å². The van der Waals surface area contributed by atoms with Crippen molar-refractivity contribution in [2.45, 2.75) is 154 Å². The summed E-state index contributed by atoms with van der Waals surface area (Å²) in [6.45, 7) is 5.65. The monoisotopic (exact) mass is 812 g/mol. The Kier molecular flexibility index (Phi) is 43.7. The maximum absolute atomic E-state index is 12.2. The van der Waals surface area contributed by atoms with E-state index in [9.17, 15) is 33.6 Å². The fourth-order valence-corrected chi connectivity index (χ4v) is 4.82. The van der Waals surface area contributed by atoms with E-state index in [0.29, 0.717) is 12.7 Å². The van der Waals surface area contributed by atoms with Crippen LogP contribution in [0.25, 0.3) is 5.73 Å². The number of nitrogens with zero attached hydrogens (tertiary/aromatic N) is 1. The predicted molar refractivity (Wildman–Crippen MR) is 200 cm³/mol. The number of carboxylic acids is 2. The predicted octanol–water partition coefficient (Wildman–Crippen LogP) is 4.19. The summed E-state index contributed by atoms with van der Waals surface area (Å²) in [4.78, 5) is 76.8. The van der Waals surface area contributed by atoms with Crippen LogP contribution >= 0.6 is 0 Å². The van der Waals surface area contributed by atoms with E-state index >= 15 is 0 Å². The Morgan fingerprint density at radius 3 is 1.83 bits per heavy atom. The van der Waals surface area contributed by atoms with E-state index < -0.39 is 23.5 Å². The maximum Gasteiger partial charge on any atom is 0.320 e. The number of aldehydes is 2. The van der Waals surface area contributed by atoms with Gasteiger partial charge in [0.05, 0.1) is 13.9 Å². The molecule has 1 aliphatic heterocycles. The third kappa shape index (κ3) is 39.2. The molecule has 6 N–H and O–H groups in total. The Morgan fingerprint density at radius 1 is 0.942 bits per heavy atom. The van der Waals surface area contributed by atoms with Crippen LogP contribution in [0.3, 0.4) is 0 Å². The molecule has 1 rings (SSSR count). The van der Waals surface area contributed by atoms with E-state index in [4.69, 9.17) is 15.9 Å². The SMILES string of the molecule is CC(C)([NH-])C=O.CNC(CCC(=O)NCCN(C[C-]=O)C(=O)C1CCCN1)C(=O)O.O=CCCCCCCCCCCCCCCC(=O)O.[B]C.[Y]. The average molecular weight is 813 g/mol. The first-order valence-corrected chi connectivity index (χ1v) is 18.3. The van der Waals surface area contributed by atoms with Crippen molar-refractivity contribution in [2.24, 2.45) is 0 Å². The Morgan fingerprint density at radius 2 is 1.44 bits per heavy atom. The summed E-state index contributed by atoms with van der Waals surface area (Å²) in [5.74, 6) is -2.13. The number of hydrogen-bond donors (Lipinski definition) is 5. The molecule has 1 fully saturated rings. The molecule has 2 unspecified atom stereocenters. The van der Waals surface area contributed by atoms with Crippen LogP contribution in [0, 0.1) is 0 Å². The molecule has 16 heteroatoms. The molecule has 2 amide bonds. The molecular formula is C36H66BN5O9Y-2. The van der Waals surface area contributed by atoms with E-state index in [0.717, 1.165) is 51.4 Å². The summed E-state index contributed by atoms with van der Waals surface area (Å²) in [6.07, 6.45) is 20.7. The minimum absolute atomic E-state index is 0. The van der Waals surface area contributed by atoms with E-state index in [1.165, 1.54) is 76.6 Å². The number of unbranched alkanes of at least 4 members (excludes halogenated alkanes) is 12. The standard InChI is InChI=1S/C16H30O3.C15H25N4O5.C4H8NO.CH3B.Y/c17-15-13-11-9-7-5-3-1-2-4-6-8-10-12-14-16(18)19;1-16-12(15(23)24)4-5-13(21)18-7-8-19(9-10-20)14(22)11-3-2-6-17-11;1-4(2,5)3-6;1-2;/h15H,1-14H2,(H,18,19);11-12,16-17H,2-9H2,1H3,(H,18,21)(H,23,24);3,5H,1-2H3;1H3;/q;2*-1;;. The van der Waals surface area contributed by atoms with Crippen molar-refractivity contribution in [1.29, 1.82) is 0 Å². The Hall–Kier alpha value is -2.06. The van der Waals surface area contributed by atoms with Gasteiger partial charge in [0, 0.05) is 65.1 Å². The largest absolute Gasteiger partial charge is 0.666 e. The fourth-order valence-electron chi connectivity index (χ4n) is 4.82. The molecule has 0 saturated carbocycles. The fraction of sp³-hybridized carbons (Fsp3) is 0.806. The summed E-state index contributed by atoms with van der Waals surface area (Å²) in [5, 5.41) is 25.7. The van der Waals surface area contributed by atoms with Crippen LogP contribution in [0.15, 0.2) is 0 Å². The Bertz CT molecular complexity index is 936. The van der Waals surface area contributed by atoms with Crippen molar-refractivity contribution in [3.8, 4) is 0 Å². The zero-order chi connectivity index (χ0) is 39.3. The van der Waals surface area contributed by atoms with Crippen molar-refractivity contribution < 1.29 is 76.5 Å². The second-order valence-electron chi connectivity index (χ2n) is 12.8. The first kappa shape index (κ1) is 56.7. The number of nitrogens with one attached hydrogen (secondary N) is 4. The van der Waals surface area contributed by atoms with Crippen LogP contribution in [0.5, 0.6) is 0 Å². The number of carbonyl (C=O) groups is 6. The molecule has 3 radical (unpaired) electrons. The van der Waals surface area contributed by atoms with Gasteiger partial charge in [-0.25, -0.2) is 6.29 Å². The average Bonchev–Trinajstić information content (AvgIpc) is 3.64. The summed E-state index contributed by atoms with van der Waals surface area (Å²) in [5.41, 5.74) is 5.92. The smallest absolute Gasteiger partial charge is 0.320 e. The number of aliphatic carboxylic acids is 2. The third-order valence-corrected chi connectivity index (χ3v) is 7.69. The summed E-state index contributed by atoms with van der Waals surface area (Å²) < 4.78 is 0. The Balaban J connectivity index is -0.000000368. The van der Waals surface area contributed by atoms with Crippen molar-refractivity contribution in [2.75, 3.05) is 33.2 Å². The number of carbonyl (C=O) groups excluding carboxylic acids is 5. The van der Waals surface area contributed by atoms with Gasteiger partial charge in [-0.15, -0.1) is 0 Å². The molecular weight excluding hydrogens is 746 g/mol. The molecule has 0 aromatic carbocycles. The number of rotatable bonds is 27. The van der Waals surface area contributed by atoms with Gasteiger partial charge in [0.15, 0.2) is 0 Å². The molecule has 0 bridgehead atoms. The summed E-state index contributed by atoms with van der Waals surface area (Å²) >= 11 is 0. The number of amides is 2. The van der Waals surface area contributed by atoms with E-state index in [-0.39, 0.29) is 83.0 Å². The number of hydrogen-bond acceptors (Lipinski definition) is 9. The van der Waals surface area contributed by atoms with Crippen LogP contribution in [-0.4, -0.2) is 116 Å². The van der Waals surface area contributed by atoms with Crippen molar-refractivity contribution in [3.63, 3.8) is 0 Å². The van der Waals surface area contributed by atoms with Gasteiger partial charge in [0.25, 0.3) is 0 Å². The van der Waals surface area contributed by atoms with Gasteiger partial charge in [0.1, 0.15) is 18.6 Å². The van der Waals surface area contributed by atoms with Gasteiger partial charge in [-0.05, 0) is 45.7 Å². The maximum atomic E-state index is 12.2. The van der Waals surface area contributed by atoms with Crippen LogP contribution in [-0.2, 0) is 66.3 Å². The van der Waals surface area contributed by atoms with Crippen molar-refractivity contribution >= 4 is 50.5 Å². The van der Waals surface area contributed by atoms with Crippen LogP contribution in [0.1, 0.15) is 129 Å². The molecule has 1 heterocycles. The van der Waals surface area contributed by atoms with Gasteiger partial charge in [0.2, 0.25) is 11.8 Å². The third-order valence-electron chi connectivity index (χ3n) is 7.69. The van der Waals surface area contributed by atoms with Crippen LogP contribution in [0.4, 0.5) is 0 Å². The first-order valence-electron chi connectivity index (χ1n) is 18.3. The Labute approximate surface area is 339 Å². The molecule has 52 heavy (non-hydrogen) atoms. The summed E-state index contributed by atoms with van der Waals surface area (Å²) in [7, 11) is 6.02. The molecule has 297 valence electrons. The van der Waals surface area contributed by atoms with Gasteiger partial charge in [-0.1, -0.05) is 97.0 Å². The van der Waals surface area contributed by atoms with Gasteiger partial charge >= 0.3 is 11.9 Å². The molecule has 1 saturated heterocycles. The second-order valence-corrected chi connectivity index (χ2v) is 12.8. The second kappa shape index (κ2) is 40.1. The summed E-state index contributed by atoms with van der Waals surface area (Å²) in [6, 6.07) is -1.05. The topological polar surface area (TPSA) is 223 Å². The van der Waals surface area contributed by atoms with E-state index in [2.05, 4.69) is 23.8 Å². The minimum Gasteiger partial charge on any atom is -0.666 e. The van der Waals surface area contributed by atoms with Crippen molar-refractivity contribution in [1.82, 2.24) is 20.9 Å². The zero-order valence-corrected chi connectivity index (χ0v) is 35.1. The molecule has 14 nitrogen and oxygen atoms in total. The molecule has 0 aliphatic carbocycles. The normalized spacial score (nSPS) is 13.5.